The van der Waals surface area contributed by atoms with Crippen LogP contribution in [0.1, 0.15) is 19.8 Å². The second-order valence-electron chi connectivity index (χ2n) is 5.65. The third-order valence-corrected chi connectivity index (χ3v) is 4.19. The van der Waals surface area contributed by atoms with Crippen LogP contribution in [0.15, 0.2) is 16.6 Å². The van der Waals surface area contributed by atoms with Crippen LogP contribution in [0.4, 0.5) is 8.78 Å². The zero-order valence-corrected chi connectivity index (χ0v) is 13.6. The van der Waals surface area contributed by atoms with Crippen molar-refractivity contribution in [1.29, 1.82) is 0 Å². The monoisotopic (exact) mass is 363 g/mol. The Morgan fingerprint density at radius 3 is 2.48 bits per heavy atom. The Morgan fingerprint density at radius 2 is 1.90 bits per heavy atom. The van der Waals surface area contributed by atoms with Crippen molar-refractivity contribution in [3.63, 3.8) is 0 Å². The van der Waals surface area contributed by atoms with E-state index in [9.17, 15) is 13.9 Å². The van der Waals surface area contributed by atoms with E-state index < -0.39 is 23.5 Å². The predicted octanol–water partition coefficient (Wildman–Crippen LogP) is 3.20. The highest BCUT2D eigenvalue weighted by molar-refractivity contribution is 9.10. The first kappa shape index (κ1) is 16.6. The summed E-state index contributed by atoms with van der Waals surface area (Å²) in [5.74, 6) is -1.27. The smallest absolute Gasteiger partial charge is 0.190 e. The lowest BCUT2D eigenvalue weighted by molar-refractivity contribution is 0.0539. The molecule has 3 nitrogen and oxygen atoms in total. The first-order valence-corrected chi connectivity index (χ1v) is 7.92. The molecule has 1 aromatic rings. The molecule has 0 saturated carbocycles. The molecule has 6 heteroatoms. The Bertz CT molecular complexity index is 456. The Labute approximate surface area is 132 Å². The molecule has 2 rings (SSSR count). The van der Waals surface area contributed by atoms with Crippen molar-refractivity contribution in [2.45, 2.75) is 25.9 Å². The number of nitrogens with zero attached hydrogens (tertiary/aromatic N) is 1. The minimum Gasteiger partial charge on any atom is -0.485 e. The highest BCUT2D eigenvalue weighted by Crippen LogP contribution is 2.26. The van der Waals surface area contributed by atoms with Crippen LogP contribution in [0.3, 0.4) is 0 Å². The summed E-state index contributed by atoms with van der Waals surface area (Å²) in [6, 6.07) is 2.27. The summed E-state index contributed by atoms with van der Waals surface area (Å²) < 4.78 is 32.6. The summed E-state index contributed by atoms with van der Waals surface area (Å²) in [4.78, 5) is 2.16. The number of hydrogen-bond donors (Lipinski definition) is 1. The van der Waals surface area contributed by atoms with E-state index in [0.29, 0.717) is 11.0 Å². The molecule has 118 valence electrons. The summed E-state index contributed by atoms with van der Waals surface area (Å²) in [5.41, 5.74) is 0. The van der Waals surface area contributed by atoms with Crippen LogP contribution >= 0.6 is 15.9 Å². The molecule has 1 atom stereocenters. The van der Waals surface area contributed by atoms with Crippen molar-refractivity contribution in [3.05, 3.63) is 28.2 Å². The lowest BCUT2D eigenvalue weighted by Gasteiger charge is -2.31. The molecular weight excluding hydrogens is 344 g/mol. The average Bonchev–Trinajstić information content (AvgIpc) is 2.40. The third-order valence-electron chi connectivity index (χ3n) is 3.73. The van der Waals surface area contributed by atoms with Crippen molar-refractivity contribution in [2.75, 3.05) is 26.2 Å². The van der Waals surface area contributed by atoms with Gasteiger partial charge in [0.2, 0.25) is 0 Å². The van der Waals surface area contributed by atoms with Crippen molar-refractivity contribution in [1.82, 2.24) is 4.90 Å². The standard InChI is InChI=1S/C15H20BrF2NO2/c1-10-2-4-19(5-3-10)8-12(20)9-21-15-13(17)6-11(16)7-14(15)18/h6-7,10,12,20H,2-5,8-9H2,1H3/t12-/m0/s1. The van der Waals surface area contributed by atoms with Crippen LogP contribution < -0.4 is 4.74 Å². The summed E-state index contributed by atoms with van der Waals surface area (Å²) in [7, 11) is 0. The molecule has 1 N–H and O–H groups in total. The number of likely N-dealkylation sites (tertiary alicyclic amines) is 1. The molecule has 0 spiro atoms. The number of hydrogen-bond acceptors (Lipinski definition) is 3. The largest absolute Gasteiger partial charge is 0.485 e. The Hall–Kier alpha value is -0.720. The zero-order chi connectivity index (χ0) is 15.4. The summed E-state index contributed by atoms with van der Waals surface area (Å²) in [6.07, 6.45) is 1.47. The minimum absolute atomic E-state index is 0.123. The van der Waals surface area contributed by atoms with Crippen molar-refractivity contribution >= 4 is 15.9 Å². The van der Waals surface area contributed by atoms with Crippen LogP contribution in [0, 0.1) is 17.6 Å². The number of aliphatic hydroxyl groups is 1. The van der Waals surface area contributed by atoms with Crippen LogP contribution in [-0.4, -0.2) is 42.4 Å². The third kappa shape index (κ3) is 4.90. The van der Waals surface area contributed by atoms with Gasteiger partial charge in [0.1, 0.15) is 12.7 Å². The number of ether oxygens (including phenoxy) is 1. The number of β-amino-alcohol motifs (C(OH)–C–C–N with tert-alkyl or cyclic N) is 1. The van der Waals surface area contributed by atoms with Gasteiger partial charge in [-0.1, -0.05) is 22.9 Å². The Balaban J connectivity index is 1.83. The van der Waals surface area contributed by atoms with Crippen molar-refractivity contribution in [3.8, 4) is 5.75 Å². The van der Waals surface area contributed by atoms with Crippen molar-refractivity contribution < 1.29 is 18.6 Å². The average molecular weight is 364 g/mol. The molecule has 1 aromatic carbocycles. The first-order valence-electron chi connectivity index (χ1n) is 7.13. The number of benzene rings is 1. The van der Waals surface area contributed by atoms with Gasteiger partial charge in [-0.05, 0) is 44.0 Å². The van der Waals surface area contributed by atoms with E-state index in [1.165, 1.54) is 0 Å². The molecule has 1 saturated heterocycles. The SMILES string of the molecule is CC1CCN(C[C@H](O)COc2c(F)cc(Br)cc2F)CC1. The number of halogens is 3. The number of rotatable bonds is 5. The van der Waals surface area contributed by atoms with Crippen LogP contribution in [0.5, 0.6) is 5.75 Å². The van der Waals surface area contributed by atoms with E-state index in [0.717, 1.165) is 44.0 Å². The van der Waals surface area contributed by atoms with Gasteiger partial charge in [-0.25, -0.2) is 8.78 Å². The number of aliphatic hydroxyl groups excluding tert-OH is 1. The normalized spacial score (nSPS) is 18.7. The maximum atomic E-state index is 13.6. The molecule has 1 fully saturated rings. The topological polar surface area (TPSA) is 32.7 Å². The van der Waals surface area contributed by atoms with E-state index in [1.54, 1.807) is 0 Å². The summed E-state index contributed by atoms with van der Waals surface area (Å²) in [6.45, 7) is 4.45. The van der Waals surface area contributed by atoms with Gasteiger partial charge >= 0.3 is 0 Å². The van der Waals surface area contributed by atoms with Gasteiger partial charge in [-0.3, -0.25) is 0 Å². The van der Waals surface area contributed by atoms with Gasteiger partial charge in [-0.15, -0.1) is 0 Å². The highest BCUT2D eigenvalue weighted by atomic mass is 79.9. The Kier molecular flexibility index (Phi) is 5.96. The zero-order valence-electron chi connectivity index (χ0n) is 12.0. The second kappa shape index (κ2) is 7.51. The molecule has 0 bridgehead atoms. The first-order chi connectivity index (χ1) is 9.95. The minimum atomic E-state index is -0.777. The quantitative estimate of drug-likeness (QED) is 0.871. The lowest BCUT2D eigenvalue weighted by Crippen LogP contribution is -2.40. The van der Waals surface area contributed by atoms with E-state index in [1.807, 2.05) is 0 Å². The van der Waals surface area contributed by atoms with E-state index >= 15 is 0 Å². The van der Waals surface area contributed by atoms with E-state index in [4.69, 9.17) is 4.74 Å². The van der Waals surface area contributed by atoms with Crippen LogP contribution in [0.25, 0.3) is 0 Å². The highest BCUT2D eigenvalue weighted by Gasteiger charge is 2.19. The fourth-order valence-electron chi connectivity index (χ4n) is 2.44. The maximum Gasteiger partial charge on any atom is 0.190 e. The Morgan fingerprint density at radius 1 is 1.33 bits per heavy atom. The van der Waals surface area contributed by atoms with E-state index in [2.05, 4.69) is 27.8 Å². The second-order valence-corrected chi connectivity index (χ2v) is 6.56. The molecule has 1 heterocycles. The molecule has 0 aliphatic carbocycles. The predicted molar refractivity (Wildman–Crippen MR) is 80.4 cm³/mol. The molecule has 0 unspecified atom stereocenters. The van der Waals surface area contributed by atoms with Gasteiger partial charge < -0.3 is 14.7 Å². The summed E-state index contributed by atoms with van der Waals surface area (Å²) in [5, 5.41) is 9.94. The molecule has 0 radical (unpaired) electrons. The fourth-order valence-corrected chi connectivity index (χ4v) is 2.84. The van der Waals surface area contributed by atoms with Crippen LogP contribution in [0.2, 0.25) is 0 Å². The maximum absolute atomic E-state index is 13.6. The summed E-state index contributed by atoms with van der Waals surface area (Å²) >= 11 is 3.01. The van der Waals surface area contributed by atoms with Gasteiger partial charge in [0, 0.05) is 11.0 Å². The fraction of sp³-hybridized carbons (Fsp3) is 0.600. The van der Waals surface area contributed by atoms with Gasteiger partial charge in [0.15, 0.2) is 17.4 Å². The van der Waals surface area contributed by atoms with E-state index in [-0.39, 0.29) is 6.61 Å². The molecule has 1 aliphatic rings. The van der Waals surface area contributed by atoms with Crippen molar-refractivity contribution in [2.24, 2.45) is 5.92 Å². The van der Waals surface area contributed by atoms with Gasteiger partial charge in [0.25, 0.3) is 0 Å². The molecular formula is C15H20BrF2NO2. The van der Waals surface area contributed by atoms with Gasteiger partial charge in [0.05, 0.1) is 0 Å². The van der Waals surface area contributed by atoms with Gasteiger partial charge in [-0.2, -0.15) is 0 Å². The number of piperidine rings is 1. The molecule has 0 amide bonds. The molecule has 21 heavy (non-hydrogen) atoms. The molecule has 0 aromatic heterocycles. The lowest BCUT2D eigenvalue weighted by atomic mass is 9.99. The van der Waals surface area contributed by atoms with Crippen LogP contribution in [-0.2, 0) is 0 Å². The molecule has 1 aliphatic heterocycles.